The topological polar surface area (TPSA) is 90.1 Å². The van der Waals surface area contributed by atoms with E-state index in [-0.39, 0.29) is 11.4 Å². The van der Waals surface area contributed by atoms with E-state index in [4.69, 9.17) is 0 Å². The van der Waals surface area contributed by atoms with Gasteiger partial charge in [0.1, 0.15) is 23.2 Å². The van der Waals surface area contributed by atoms with Crippen LogP contribution in [0.4, 0.5) is 15.8 Å². The fourth-order valence-corrected chi connectivity index (χ4v) is 2.19. The summed E-state index contributed by atoms with van der Waals surface area (Å²) in [7, 11) is 0. The molecule has 0 unspecified atom stereocenters. The highest BCUT2D eigenvalue weighted by Gasteiger charge is 2.27. The maximum atomic E-state index is 12.8. The van der Waals surface area contributed by atoms with Gasteiger partial charge in [0.05, 0.1) is 4.92 Å². The van der Waals surface area contributed by atoms with Gasteiger partial charge in [-0.05, 0) is 45.0 Å². The summed E-state index contributed by atoms with van der Waals surface area (Å²) in [5.41, 5.74) is 0.906. The number of carbonyl (C=O) groups excluding carboxylic acids is 1. The van der Waals surface area contributed by atoms with Gasteiger partial charge < -0.3 is 5.32 Å². The molecule has 1 aromatic carbocycles. The predicted octanol–water partition coefficient (Wildman–Crippen LogP) is 2.75. The molecule has 0 aliphatic carbocycles. The molecule has 0 aliphatic heterocycles. The van der Waals surface area contributed by atoms with Crippen LogP contribution in [0.2, 0.25) is 0 Å². The van der Waals surface area contributed by atoms with Crippen LogP contribution in [-0.2, 0) is 4.79 Å². The van der Waals surface area contributed by atoms with Crippen molar-refractivity contribution in [2.24, 2.45) is 0 Å². The van der Waals surface area contributed by atoms with Crippen molar-refractivity contribution < 1.29 is 14.1 Å². The number of carbonyl (C=O) groups is 1. The Morgan fingerprint density at radius 1 is 1.36 bits per heavy atom. The van der Waals surface area contributed by atoms with Gasteiger partial charge in [0.15, 0.2) is 0 Å². The molecule has 1 atom stereocenters. The van der Waals surface area contributed by atoms with Gasteiger partial charge in [0.25, 0.3) is 0 Å². The summed E-state index contributed by atoms with van der Waals surface area (Å²) >= 11 is 0. The fourth-order valence-electron chi connectivity index (χ4n) is 2.19. The minimum absolute atomic E-state index is 0.0959. The van der Waals surface area contributed by atoms with Crippen molar-refractivity contribution in [2.75, 3.05) is 5.32 Å². The van der Waals surface area contributed by atoms with Crippen LogP contribution in [0.5, 0.6) is 0 Å². The molecular formula is C14H15FN4O3. The van der Waals surface area contributed by atoms with E-state index in [1.807, 2.05) is 0 Å². The molecule has 8 heteroatoms. The fraction of sp³-hybridized carbons (Fsp3) is 0.286. The van der Waals surface area contributed by atoms with Crippen LogP contribution < -0.4 is 5.32 Å². The molecule has 1 amide bonds. The van der Waals surface area contributed by atoms with Crippen LogP contribution in [-0.4, -0.2) is 20.6 Å². The Labute approximate surface area is 125 Å². The van der Waals surface area contributed by atoms with Crippen molar-refractivity contribution in [2.45, 2.75) is 26.8 Å². The summed E-state index contributed by atoms with van der Waals surface area (Å²) < 4.78 is 14.1. The third-order valence-corrected chi connectivity index (χ3v) is 3.33. The van der Waals surface area contributed by atoms with E-state index in [1.54, 1.807) is 13.8 Å². The number of halogens is 1. The zero-order chi connectivity index (χ0) is 16.4. The largest absolute Gasteiger partial charge is 0.324 e. The van der Waals surface area contributed by atoms with Crippen LogP contribution in [0.3, 0.4) is 0 Å². The molecule has 1 N–H and O–H groups in total. The Morgan fingerprint density at radius 3 is 2.45 bits per heavy atom. The van der Waals surface area contributed by atoms with Gasteiger partial charge in [0, 0.05) is 5.69 Å². The molecule has 7 nitrogen and oxygen atoms in total. The van der Waals surface area contributed by atoms with Crippen molar-refractivity contribution in [3.63, 3.8) is 0 Å². The molecule has 0 radical (unpaired) electrons. The highest BCUT2D eigenvalue weighted by Crippen LogP contribution is 2.25. The Hall–Kier alpha value is -2.77. The van der Waals surface area contributed by atoms with E-state index in [2.05, 4.69) is 10.4 Å². The number of benzene rings is 1. The number of nitrogens with zero attached hydrogens (tertiary/aromatic N) is 3. The lowest BCUT2D eigenvalue weighted by molar-refractivity contribution is -0.386. The normalized spacial score (nSPS) is 12.0. The quantitative estimate of drug-likeness (QED) is 0.694. The van der Waals surface area contributed by atoms with Crippen LogP contribution in [0.1, 0.15) is 24.4 Å². The first-order chi connectivity index (χ1) is 10.3. The Kier molecular flexibility index (Phi) is 4.20. The molecule has 1 heterocycles. The van der Waals surface area contributed by atoms with Gasteiger partial charge in [-0.15, -0.1) is 0 Å². The van der Waals surface area contributed by atoms with Crippen LogP contribution >= 0.6 is 0 Å². The number of aromatic nitrogens is 2. The van der Waals surface area contributed by atoms with E-state index in [1.165, 1.54) is 35.9 Å². The van der Waals surface area contributed by atoms with Gasteiger partial charge in [-0.3, -0.25) is 19.6 Å². The van der Waals surface area contributed by atoms with Crippen LogP contribution in [0.25, 0.3) is 0 Å². The average Bonchev–Trinajstić information content (AvgIpc) is 2.75. The van der Waals surface area contributed by atoms with Crippen molar-refractivity contribution >= 4 is 17.3 Å². The van der Waals surface area contributed by atoms with Crippen molar-refractivity contribution in [3.8, 4) is 0 Å². The molecule has 0 saturated heterocycles. The minimum atomic E-state index is -0.738. The zero-order valence-electron chi connectivity index (χ0n) is 12.3. The Morgan fingerprint density at radius 2 is 1.95 bits per heavy atom. The van der Waals surface area contributed by atoms with E-state index in [9.17, 15) is 19.3 Å². The van der Waals surface area contributed by atoms with Gasteiger partial charge in [-0.25, -0.2) is 4.39 Å². The standard InChI is InChI=1S/C14H15FN4O3/c1-8-13(19(21)22)9(2)18(17-8)10(3)14(20)16-12-6-4-11(15)5-7-12/h4-7,10H,1-3H3,(H,16,20)/t10-/m1/s1. The number of nitrogens with one attached hydrogen (secondary N) is 1. The molecule has 0 saturated carbocycles. The molecule has 116 valence electrons. The van der Waals surface area contributed by atoms with E-state index < -0.39 is 22.7 Å². The second-order valence-corrected chi connectivity index (χ2v) is 4.89. The number of hydrogen-bond acceptors (Lipinski definition) is 4. The molecule has 0 bridgehead atoms. The summed E-state index contributed by atoms with van der Waals surface area (Å²) in [6.07, 6.45) is 0. The summed E-state index contributed by atoms with van der Waals surface area (Å²) in [5.74, 6) is -0.799. The lowest BCUT2D eigenvalue weighted by atomic mass is 10.2. The second-order valence-electron chi connectivity index (χ2n) is 4.89. The summed E-state index contributed by atoms with van der Waals surface area (Å²) in [5, 5.41) is 17.7. The number of amides is 1. The summed E-state index contributed by atoms with van der Waals surface area (Å²) in [4.78, 5) is 22.7. The van der Waals surface area contributed by atoms with Gasteiger partial charge in [-0.1, -0.05) is 0 Å². The van der Waals surface area contributed by atoms with E-state index >= 15 is 0 Å². The number of aryl methyl sites for hydroxylation is 1. The molecule has 0 fully saturated rings. The number of hydrogen-bond donors (Lipinski definition) is 1. The molecule has 2 aromatic rings. The van der Waals surface area contributed by atoms with Crippen molar-refractivity contribution in [1.29, 1.82) is 0 Å². The third-order valence-electron chi connectivity index (χ3n) is 3.33. The molecule has 0 aliphatic rings. The summed E-state index contributed by atoms with van der Waals surface area (Å²) in [6, 6.07) is 4.59. The van der Waals surface area contributed by atoms with Crippen LogP contribution in [0, 0.1) is 29.8 Å². The molecular weight excluding hydrogens is 291 g/mol. The minimum Gasteiger partial charge on any atom is -0.324 e. The number of nitro groups is 1. The molecule has 0 spiro atoms. The average molecular weight is 306 g/mol. The van der Waals surface area contributed by atoms with Crippen molar-refractivity contribution in [1.82, 2.24) is 9.78 Å². The first-order valence-electron chi connectivity index (χ1n) is 6.57. The SMILES string of the molecule is Cc1nn([C@H](C)C(=O)Nc2ccc(F)cc2)c(C)c1[N+](=O)[O-]. The monoisotopic (exact) mass is 306 g/mol. The lowest BCUT2D eigenvalue weighted by Gasteiger charge is -2.14. The highest BCUT2D eigenvalue weighted by atomic mass is 19.1. The molecule has 1 aromatic heterocycles. The predicted molar refractivity (Wildman–Crippen MR) is 78.1 cm³/mol. The van der Waals surface area contributed by atoms with Crippen molar-refractivity contribution in [3.05, 3.63) is 51.6 Å². The van der Waals surface area contributed by atoms with Gasteiger partial charge in [0.2, 0.25) is 5.91 Å². The lowest BCUT2D eigenvalue weighted by Crippen LogP contribution is -2.25. The summed E-state index contributed by atoms with van der Waals surface area (Å²) in [6.45, 7) is 4.65. The number of rotatable bonds is 4. The van der Waals surface area contributed by atoms with Gasteiger partial charge >= 0.3 is 5.69 Å². The van der Waals surface area contributed by atoms with Gasteiger partial charge in [-0.2, -0.15) is 5.10 Å². The third kappa shape index (κ3) is 2.95. The first-order valence-corrected chi connectivity index (χ1v) is 6.57. The maximum absolute atomic E-state index is 12.8. The molecule has 2 rings (SSSR count). The highest BCUT2D eigenvalue weighted by molar-refractivity contribution is 5.93. The first kappa shape index (κ1) is 15.6. The van der Waals surface area contributed by atoms with Crippen LogP contribution in [0.15, 0.2) is 24.3 Å². The number of anilines is 1. The second kappa shape index (κ2) is 5.92. The maximum Gasteiger partial charge on any atom is 0.312 e. The van der Waals surface area contributed by atoms with E-state index in [0.717, 1.165) is 0 Å². The Bertz CT molecular complexity index is 724. The Balaban J connectivity index is 2.22. The smallest absolute Gasteiger partial charge is 0.312 e. The zero-order valence-corrected chi connectivity index (χ0v) is 12.3. The molecule has 22 heavy (non-hydrogen) atoms. The van der Waals surface area contributed by atoms with E-state index in [0.29, 0.717) is 11.4 Å².